The van der Waals surface area contributed by atoms with E-state index in [2.05, 4.69) is 15.1 Å². The Morgan fingerprint density at radius 3 is 2.35 bits per heavy atom. The summed E-state index contributed by atoms with van der Waals surface area (Å²) in [5.74, 6) is 1.18. The Hall–Kier alpha value is -0.610. The van der Waals surface area contributed by atoms with E-state index in [0.717, 1.165) is 25.6 Å². The molecule has 0 unspecified atom stereocenters. The first-order valence-corrected chi connectivity index (χ1v) is 8.55. The van der Waals surface area contributed by atoms with Gasteiger partial charge in [-0.2, -0.15) is 0 Å². The molecule has 3 aliphatic rings. The molecule has 2 aliphatic heterocycles. The number of hydrogen-bond acceptors (Lipinski definition) is 3. The van der Waals surface area contributed by atoms with Crippen LogP contribution in [0, 0.1) is 5.92 Å². The lowest BCUT2D eigenvalue weighted by molar-refractivity contribution is -0.132. The maximum atomic E-state index is 12.1. The van der Waals surface area contributed by atoms with Gasteiger partial charge in [0.2, 0.25) is 5.91 Å². The summed E-state index contributed by atoms with van der Waals surface area (Å²) in [5.41, 5.74) is 0. The van der Waals surface area contributed by atoms with Crippen molar-refractivity contribution in [2.75, 3.05) is 39.3 Å². The highest BCUT2D eigenvalue weighted by atomic mass is 16.2. The molecule has 1 saturated carbocycles. The summed E-state index contributed by atoms with van der Waals surface area (Å²) >= 11 is 0. The number of amides is 1. The van der Waals surface area contributed by atoms with E-state index in [0.29, 0.717) is 18.4 Å². The van der Waals surface area contributed by atoms with Crippen LogP contribution in [0.15, 0.2) is 0 Å². The van der Waals surface area contributed by atoms with Crippen molar-refractivity contribution in [3.63, 3.8) is 0 Å². The quantitative estimate of drug-likeness (QED) is 0.799. The lowest BCUT2D eigenvalue weighted by Crippen LogP contribution is -2.42. The van der Waals surface area contributed by atoms with Gasteiger partial charge in [0, 0.05) is 38.6 Å². The van der Waals surface area contributed by atoms with Gasteiger partial charge in [-0.25, -0.2) is 0 Å². The molecule has 114 valence electrons. The van der Waals surface area contributed by atoms with Crippen LogP contribution in [-0.4, -0.2) is 61.0 Å². The van der Waals surface area contributed by atoms with E-state index in [1.54, 1.807) is 0 Å². The highest BCUT2D eigenvalue weighted by Crippen LogP contribution is 2.21. The number of carbonyl (C=O) groups is 1. The highest BCUT2D eigenvalue weighted by molar-refractivity contribution is 5.76. The fourth-order valence-corrected chi connectivity index (χ4v) is 3.52. The van der Waals surface area contributed by atoms with Crippen LogP contribution in [0.1, 0.15) is 44.9 Å². The van der Waals surface area contributed by atoms with Crippen molar-refractivity contribution in [2.24, 2.45) is 5.92 Å². The zero-order valence-corrected chi connectivity index (χ0v) is 12.6. The molecule has 0 aromatic rings. The van der Waals surface area contributed by atoms with E-state index in [-0.39, 0.29) is 0 Å². The van der Waals surface area contributed by atoms with Crippen LogP contribution in [-0.2, 0) is 4.79 Å². The van der Waals surface area contributed by atoms with E-state index in [1.165, 1.54) is 58.2 Å². The number of nitrogens with one attached hydrogen (secondary N) is 1. The van der Waals surface area contributed by atoms with Crippen molar-refractivity contribution in [3.8, 4) is 0 Å². The molecule has 0 aromatic heterocycles. The highest BCUT2D eigenvalue weighted by Gasteiger charge is 2.25. The van der Waals surface area contributed by atoms with Crippen LogP contribution >= 0.6 is 0 Å². The van der Waals surface area contributed by atoms with Gasteiger partial charge in [-0.05, 0) is 57.5 Å². The van der Waals surface area contributed by atoms with Gasteiger partial charge in [0.15, 0.2) is 0 Å². The van der Waals surface area contributed by atoms with Crippen LogP contribution < -0.4 is 5.32 Å². The summed E-state index contributed by atoms with van der Waals surface area (Å²) in [6.45, 7) is 6.71. The third kappa shape index (κ3) is 4.19. The zero-order valence-electron chi connectivity index (χ0n) is 12.6. The van der Waals surface area contributed by atoms with E-state index in [1.807, 2.05) is 0 Å². The second-order valence-corrected chi connectivity index (χ2v) is 6.81. The van der Waals surface area contributed by atoms with Crippen molar-refractivity contribution in [3.05, 3.63) is 0 Å². The molecular formula is C16H29N3O. The number of likely N-dealkylation sites (tertiary alicyclic amines) is 2. The Labute approximate surface area is 122 Å². The number of carbonyl (C=O) groups excluding carboxylic acids is 1. The molecule has 0 aromatic carbocycles. The summed E-state index contributed by atoms with van der Waals surface area (Å²) in [5, 5.41) is 3.43. The van der Waals surface area contributed by atoms with Crippen molar-refractivity contribution in [2.45, 2.75) is 51.0 Å². The third-order valence-corrected chi connectivity index (χ3v) is 5.03. The topological polar surface area (TPSA) is 35.6 Å². The molecule has 1 N–H and O–H groups in total. The Morgan fingerprint density at radius 2 is 1.70 bits per heavy atom. The predicted octanol–water partition coefficient (Wildman–Crippen LogP) is 1.46. The molecule has 1 amide bonds. The van der Waals surface area contributed by atoms with Gasteiger partial charge in [-0.1, -0.05) is 0 Å². The van der Waals surface area contributed by atoms with Crippen molar-refractivity contribution < 1.29 is 4.79 Å². The Bertz CT molecular complexity index is 316. The first kappa shape index (κ1) is 14.3. The summed E-state index contributed by atoms with van der Waals surface area (Å²) in [7, 11) is 0. The first-order valence-electron chi connectivity index (χ1n) is 8.55. The molecule has 0 bridgehead atoms. The minimum absolute atomic E-state index is 0.359. The average Bonchev–Trinajstić information content (AvgIpc) is 3.15. The molecule has 4 nitrogen and oxygen atoms in total. The van der Waals surface area contributed by atoms with Gasteiger partial charge in [-0.3, -0.25) is 4.79 Å². The summed E-state index contributed by atoms with van der Waals surface area (Å²) < 4.78 is 0. The average molecular weight is 279 g/mol. The second kappa shape index (κ2) is 6.90. The standard InChI is InChI=1S/C16H29N3O/c20-16(5-8-17-15-3-4-15)19-11-6-14(7-12-19)13-18-9-1-2-10-18/h14-15,17H,1-13H2. The number of piperidine rings is 1. The molecule has 3 fully saturated rings. The summed E-state index contributed by atoms with van der Waals surface area (Å²) in [6.07, 6.45) is 8.46. The normalized spacial score (nSPS) is 25.3. The van der Waals surface area contributed by atoms with Gasteiger partial charge in [-0.15, -0.1) is 0 Å². The SMILES string of the molecule is O=C(CCNC1CC1)N1CCC(CN2CCCC2)CC1. The fraction of sp³-hybridized carbons (Fsp3) is 0.938. The van der Waals surface area contributed by atoms with Gasteiger partial charge >= 0.3 is 0 Å². The maximum Gasteiger partial charge on any atom is 0.223 e. The molecule has 0 spiro atoms. The van der Waals surface area contributed by atoms with Gasteiger partial charge < -0.3 is 15.1 Å². The Balaban J connectivity index is 1.31. The van der Waals surface area contributed by atoms with Crippen LogP contribution in [0.3, 0.4) is 0 Å². The fourth-order valence-electron chi connectivity index (χ4n) is 3.52. The van der Waals surface area contributed by atoms with Crippen LogP contribution in [0.2, 0.25) is 0 Å². The molecule has 1 aliphatic carbocycles. The molecule has 2 heterocycles. The monoisotopic (exact) mass is 279 g/mol. The molecule has 2 saturated heterocycles. The predicted molar refractivity (Wildman–Crippen MR) is 80.6 cm³/mol. The van der Waals surface area contributed by atoms with E-state index < -0.39 is 0 Å². The third-order valence-electron chi connectivity index (χ3n) is 5.03. The van der Waals surface area contributed by atoms with Crippen LogP contribution in [0.25, 0.3) is 0 Å². The van der Waals surface area contributed by atoms with E-state index >= 15 is 0 Å². The first-order chi connectivity index (χ1) is 9.81. The van der Waals surface area contributed by atoms with E-state index in [9.17, 15) is 4.79 Å². The number of rotatable bonds is 6. The van der Waals surface area contributed by atoms with Gasteiger partial charge in [0.05, 0.1) is 0 Å². The van der Waals surface area contributed by atoms with Crippen LogP contribution in [0.4, 0.5) is 0 Å². The Kier molecular flexibility index (Phi) is 4.94. The molecule has 0 atom stereocenters. The molecule has 20 heavy (non-hydrogen) atoms. The lowest BCUT2D eigenvalue weighted by atomic mass is 9.96. The minimum Gasteiger partial charge on any atom is -0.343 e. The molecular weight excluding hydrogens is 250 g/mol. The van der Waals surface area contributed by atoms with Crippen LogP contribution in [0.5, 0.6) is 0 Å². The number of nitrogens with zero attached hydrogens (tertiary/aromatic N) is 2. The van der Waals surface area contributed by atoms with E-state index in [4.69, 9.17) is 0 Å². The van der Waals surface area contributed by atoms with Crippen molar-refractivity contribution >= 4 is 5.91 Å². The maximum absolute atomic E-state index is 12.1. The van der Waals surface area contributed by atoms with Crippen molar-refractivity contribution in [1.82, 2.24) is 15.1 Å². The summed E-state index contributed by atoms with van der Waals surface area (Å²) in [4.78, 5) is 16.8. The zero-order chi connectivity index (χ0) is 13.8. The number of hydrogen-bond donors (Lipinski definition) is 1. The van der Waals surface area contributed by atoms with Gasteiger partial charge in [0.1, 0.15) is 0 Å². The minimum atomic E-state index is 0.359. The second-order valence-electron chi connectivity index (χ2n) is 6.81. The molecule has 0 radical (unpaired) electrons. The van der Waals surface area contributed by atoms with Crippen molar-refractivity contribution in [1.29, 1.82) is 0 Å². The lowest BCUT2D eigenvalue weighted by Gasteiger charge is -2.34. The smallest absolute Gasteiger partial charge is 0.223 e. The molecule has 3 rings (SSSR count). The van der Waals surface area contributed by atoms with Gasteiger partial charge in [0.25, 0.3) is 0 Å². The Morgan fingerprint density at radius 1 is 1.00 bits per heavy atom. The molecule has 4 heteroatoms. The largest absolute Gasteiger partial charge is 0.343 e. The summed E-state index contributed by atoms with van der Waals surface area (Å²) in [6, 6.07) is 0.717.